The number of hydrogen-bond donors (Lipinski definition) is 0. The van der Waals surface area contributed by atoms with E-state index < -0.39 is 0 Å². The summed E-state index contributed by atoms with van der Waals surface area (Å²) in [5.74, 6) is 0. The Morgan fingerprint density at radius 3 is 0.860 bits per heavy atom. The van der Waals surface area contributed by atoms with Gasteiger partial charge in [0.2, 0.25) is 0 Å². The lowest BCUT2D eigenvalue weighted by Gasteiger charge is -2.46. The third kappa shape index (κ3) is 13.4. The van der Waals surface area contributed by atoms with E-state index in [2.05, 4.69) is 489 Å². The molecule has 0 radical (unpaired) electrons. The van der Waals surface area contributed by atoms with Gasteiger partial charge in [-0.1, -0.05) is 373 Å². The van der Waals surface area contributed by atoms with Gasteiger partial charge in [0, 0.05) is 77.9 Å². The molecule has 0 aliphatic carbocycles. The van der Waals surface area contributed by atoms with E-state index in [9.17, 15) is 0 Å². The Bertz CT molecular complexity index is 7670. The maximum atomic E-state index is 2.79. The van der Waals surface area contributed by atoms with E-state index in [1.807, 2.05) is 0 Å². The quantitative estimate of drug-likeness (QED) is 0.106. The van der Waals surface area contributed by atoms with Crippen molar-refractivity contribution in [3.63, 3.8) is 0 Å². The van der Waals surface area contributed by atoms with E-state index in [1.54, 1.807) is 0 Å². The molecular formula is C124H111BN4. The van der Waals surface area contributed by atoms with Gasteiger partial charge in [-0.3, -0.25) is 0 Å². The minimum absolute atomic E-state index is 0.0818. The fraction of sp³-hybridized carbons (Fsp3) is 0.194. The zero-order valence-corrected chi connectivity index (χ0v) is 77.8. The van der Waals surface area contributed by atoms with E-state index in [4.69, 9.17) is 0 Å². The van der Waals surface area contributed by atoms with Crippen molar-refractivity contribution in [2.45, 2.75) is 157 Å². The molecule has 630 valence electrons. The van der Waals surface area contributed by atoms with E-state index >= 15 is 0 Å². The van der Waals surface area contributed by atoms with Gasteiger partial charge >= 0.3 is 0 Å². The second-order valence-electron chi connectivity index (χ2n) is 42.9. The first-order valence-corrected chi connectivity index (χ1v) is 46.4. The summed E-state index contributed by atoms with van der Waals surface area (Å²) in [7, 11) is 0. The van der Waals surface area contributed by atoms with E-state index in [0.717, 1.165) is 101 Å². The first kappa shape index (κ1) is 81.1. The molecule has 4 heterocycles. The predicted octanol–water partition coefficient (Wildman–Crippen LogP) is 32.7. The largest absolute Gasteiger partial charge is 0.310 e. The average molecular weight is 1670 g/mol. The molecule has 5 heteroatoms. The Labute approximate surface area is 760 Å². The summed E-state index contributed by atoms with van der Waals surface area (Å²) in [4.78, 5) is 5.55. The number of rotatable bonds is 9. The minimum Gasteiger partial charge on any atom is -0.310 e. The lowest BCUT2D eigenvalue weighted by atomic mass is 9.33. The lowest BCUT2D eigenvalue weighted by Crippen LogP contribution is -2.61. The number of hydrogen-bond acceptors (Lipinski definition) is 2. The summed E-state index contributed by atoms with van der Waals surface area (Å²) in [6.45, 7) is 41.8. The van der Waals surface area contributed by atoms with Gasteiger partial charge in [-0.2, -0.15) is 0 Å². The summed E-state index contributed by atoms with van der Waals surface area (Å²) < 4.78 is 5.18. The van der Waals surface area contributed by atoms with E-state index in [0.29, 0.717) is 0 Å². The van der Waals surface area contributed by atoms with Crippen molar-refractivity contribution < 1.29 is 0 Å². The highest BCUT2D eigenvalue weighted by atomic mass is 15.2. The van der Waals surface area contributed by atoms with Crippen LogP contribution in [0, 0.1) is 0 Å². The molecule has 129 heavy (non-hydrogen) atoms. The molecule has 0 bridgehead atoms. The fourth-order valence-corrected chi connectivity index (χ4v) is 21.3. The highest BCUT2D eigenvalue weighted by molar-refractivity contribution is 7.00. The van der Waals surface area contributed by atoms with Gasteiger partial charge < -0.3 is 18.9 Å². The van der Waals surface area contributed by atoms with Crippen molar-refractivity contribution in [1.29, 1.82) is 0 Å². The molecule has 22 rings (SSSR count). The van der Waals surface area contributed by atoms with Gasteiger partial charge in [0.15, 0.2) is 0 Å². The zero-order chi connectivity index (χ0) is 89.0. The second kappa shape index (κ2) is 29.4. The molecule has 0 N–H and O–H groups in total. The number of aromatic nitrogens is 2. The molecule has 4 nitrogen and oxygen atoms in total. The molecule has 2 aliphatic heterocycles. The number of anilines is 6. The third-order valence-electron chi connectivity index (χ3n) is 28.4. The minimum atomic E-state index is -0.338. The van der Waals surface area contributed by atoms with Crippen molar-refractivity contribution >= 4 is 144 Å². The van der Waals surface area contributed by atoms with Crippen LogP contribution in [0.15, 0.2) is 346 Å². The summed E-state index contributed by atoms with van der Waals surface area (Å²) in [5, 5.41) is 14.6. The standard InChI is InChI=1S/C124H111BN4/c1-119(2,3)82-50-46-77(47-51-82)92-42-30-43-93(78-48-52-83(53-49-78)120(4,5)6)117(92)128-112-74-88(126-108-62-54-84(121(7,8)9)70-102(108)103-71-85(122(10,11)12)55-63-109(103)126)58-60-106(112)125-107-61-59-89(127-110-64-56-86(123(13,14)15)72-104(110)105-73-87(124(16,17)18)57-65-111(105)127)75-113(107)129(115-69-81(68-114(128)116(115)125)76-32-20-19-21-33-76)118-98(100-66-79-34-22-24-36-90(79)94-38-26-28-40-96(94)100)44-31-45-99(118)101-67-80-35-23-25-37-91(80)95-39-27-29-41-97(95)101/h19-75H,1-18H3. The Morgan fingerprint density at radius 2 is 0.504 bits per heavy atom. The van der Waals surface area contributed by atoms with Crippen LogP contribution in [-0.2, 0) is 32.5 Å². The van der Waals surface area contributed by atoms with Crippen molar-refractivity contribution in [2.24, 2.45) is 0 Å². The summed E-state index contributed by atoms with van der Waals surface area (Å²) in [5.41, 5.74) is 35.7. The van der Waals surface area contributed by atoms with Crippen LogP contribution in [0.5, 0.6) is 0 Å². The van der Waals surface area contributed by atoms with Crippen LogP contribution in [0.1, 0.15) is 158 Å². The predicted molar refractivity (Wildman–Crippen MR) is 559 cm³/mol. The molecule has 0 unspecified atom stereocenters. The van der Waals surface area contributed by atoms with Crippen LogP contribution in [0.25, 0.3) is 154 Å². The number of benzene rings is 18. The van der Waals surface area contributed by atoms with Crippen molar-refractivity contribution in [3.05, 3.63) is 379 Å². The Balaban J connectivity index is 0.935. The number of fused-ring (bicyclic) bond motifs is 16. The molecular weight excluding hydrogens is 1560 g/mol. The topological polar surface area (TPSA) is 16.3 Å². The molecule has 0 atom stereocenters. The monoisotopic (exact) mass is 1670 g/mol. The van der Waals surface area contributed by atoms with Gasteiger partial charge in [-0.25, -0.2) is 0 Å². The molecule has 2 aromatic heterocycles. The smallest absolute Gasteiger partial charge is 0.252 e. The average Bonchev–Trinajstić information content (AvgIpc) is 1.67. The van der Waals surface area contributed by atoms with Gasteiger partial charge in [0.1, 0.15) is 0 Å². The highest BCUT2D eigenvalue weighted by Crippen LogP contribution is 2.57. The zero-order valence-electron chi connectivity index (χ0n) is 77.8. The first-order valence-electron chi connectivity index (χ1n) is 46.4. The Morgan fingerprint density at radius 1 is 0.194 bits per heavy atom. The first-order chi connectivity index (χ1) is 61.8. The number of nitrogens with zero attached hydrogens (tertiary/aromatic N) is 4. The van der Waals surface area contributed by atoms with Crippen LogP contribution in [0.3, 0.4) is 0 Å². The molecule has 0 amide bonds. The third-order valence-corrected chi connectivity index (χ3v) is 28.4. The molecule has 20 aromatic rings. The van der Waals surface area contributed by atoms with Crippen LogP contribution in [0.4, 0.5) is 34.1 Å². The fourth-order valence-electron chi connectivity index (χ4n) is 21.3. The maximum absolute atomic E-state index is 2.79. The summed E-state index contributed by atoms with van der Waals surface area (Å²) in [6.07, 6.45) is 0. The molecule has 0 saturated heterocycles. The normalized spacial score (nSPS) is 13.3. The maximum Gasteiger partial charge on any atom is 0.252 e. The Hall–Kier alpha value is -13.7. The lowest BCUT2D eigenvalue weighted by molar-refractivity contribution is 0.590. The SMILES string of the molecule is CC(C)(C)c1ccc(-c2cccc(-c3ccc(C(C)(C)C)cc3)c2N2c3cc(-n4c5ccc(C(C)(C)C)cc5c5cc(C(C)(C)C)ccc54)ccc3B3c4ccc(-n5c6ccc(C(C)(C)C)cc6c6cc(C(C)(C)C)ccc65)cc4N(c4c(-c5cc6ccccc6c6ccccc56)cccc4-c4cc5ccccc5c5ccccc45)c4cc(-c5ccccc5)cc2c43)cc1. The van der Waals surface area contributed by atoms with Crippen molar-refractivity contribution in [1.82, 2.24) is 9.13 Å². The van der Waals surface area contributed by atoms with Crippen molar-refractivity contribution in [2.75, 3.05) is 9.80 Å². The van der Waals surface area contributed by atoms with Crippen LogP contribution in [0.2, 0.25) is 0 Å². The number of para-hydroxylation sites is 2. The van der Waals surface area contributed by atoms with Crippen molar-refractivity contribution in [3.8, 4) is 67.0 Å². The molecule has 0 saturated carbocycles. The Kier molecular flexibility index (Phi) is 18.5. The van der Waals surface area contributed by atoms with Crippen LogP contribution in [-0.4, -0.2) is 15.8 Å². The second-order valence-corrected chi connectivity index (χ2v) is 42.9. The van der Waals surface area contributed by atoms with Gasteiger partial charge in [0.25, 0.3) is 6.71 Å². The molecule has 0 spiro atoms. The summed E-state index contributed by atoms with van der Waals surface area (Å²) in [6, 6.07) is 136. The van der Waals surface area contributed by atoms with Gasteiger partial charge in [-0.05, 0) is 256 Å². The van der Waals surface area contributed by atoms with E-state index in [1.165, 1.54) is 136 Å². The van der Waals surface area contributed by atoms with Gasteiger partial charge in [0.05, 0.1) is 33.4 Å². The van der Waals surface area contributed by atoms with E-state index in [-0.39, 0.29) is 39.2 Å². The molecule has 2 aliphatic rings. The van der Waals surface area contributed by atoms with Gasteiger partial charge in [-0.15, -0.1) is 0 Å². The van der Waals surface area contributed by atoms with Crippen LogP contribution < -0.4 is 26.2 Å². The summed E-state index contributed by atoms with van der Waals surface area (Å²) >= 11 is 0. The molecule has 18 aromatic carbocycles. The van der Waals surface area contributed by atoms with Crippen LogP contribution >= 0.6 is 0 Å². The highest BCUT2D eigenvalue weighted by Gasteiger charge is 2.47. The molecule has 0 fully saturated rings.